The molecule has 2 aromatic rings. The van der Waals surface area contributed by atoms with Gasteiger partial charge in [0, 0.05) is 5.57 Å². The monoisotopic (exact) mass is 273 g/mol. The minimum absolute atomic E-state index is 0. The molecule has 0 aliphatic carbocycles. The molecule has 0 aromatic heterocycles. The van der Waals surface area contributed by atoms with Gasteiger partial charge in [0.15, 0.2) is 0 Å². The Bertz CT molecular complexity index is 573. The third-order valence-corrected chi connectivity index (χ3v) is 2.74. The van der Waals surface area contributed by atoms with Crippen LogP contribution < -0.4 is 5.73 Å². The molecule has 3 heteroatoms. The average molecular weight is 274 g/mol. The van der Waals surface area contributed by atoms with E-state index in [9.17, 15) is 4.79 Å². The molecule has 2 N–H and O–H groups in total. The van der Waals surface area contributed by atoms with Gasteiger partial charge in [0.1, 0.15) is 0 Å². The van der Waals surface area contributed by atoms with Crippen LogP contribution in [0.5, 0.6) is 0 Å². The molecule has 2 nitrogen and oxygen atoms in total. The first kappa shape index (κ1) is 15.0. The summed E-state index contributed by atoms with van der Waals surface area (Å²) in [6.07, 6.45) is 1.81. The first-order chi connectivity index (χ1) is 8.66. The summed E-state index contributed by atoms with van der Waals surface area (Å²) < 4.78 is 0. The maximum absolute atomic E-state index is 11.5. The van der Waals surface area contributed by atoms with Crippen molar-refractivity contribution in [2.24, 2.45) is 5.73 Å². The molecular weight excluding hydrogens is 258 g/mol. The SMILES string of the molecule is Cc1ccc(C(=Cc2ccccc2)C(N)=O)cc1.Cl. The number of carbonyl (C=O) groups excluding carboxylic acids is 1. The summed E-state index contributed by atoms with van der Waals surface area (Å²) >= 11 is 0. The number of hydrogen-bond acceptors (Lipinski definition) is 1. The summed E-state index contributed by atoms with van der Waals surface area (Å²) in [6.45, 7) is 2.01. The second kappa shape index (κ2) is 6.76. The first-order valence-electron chi connectivity index (χ1n) is 5.80. The minimum Gasteiger partial charge on any atom is -0.366 e. The van der Waals surface area contributed by atoms with Crippen molar-refractivity contribution in [2.45, 2.75) is 6.92 Å². The molecule has 0 aliphatic heterocycles. The Morgan fingerprint density at radius 2 is 1.58 bits per heavy atom. The molecule has 0 atom stereocenters. The van der Waals surface area contributed by atoms with Crippen LogP contribution in [0.2, 0.25) is 0 Å². The third kappa shape index (κ3) is 3.97. The summed E-state index contributed by atoms with van der Waals surface area (Å²) in [7, 11) is 0. The van der Waals surface area contributed by atoms with E-state index >= 15 is 0 Å². The predicted octanol–water partition coefficient (Wildman–Crippen LogP) is 3.44. The molecule has 1 amide bonds. The smallest absolute Gasteiger partial charge is 0.249 e. The lowest BCUT2D eigenvalue weighted by molar-refractivity contribution is -0.112. The Morgan fingerprint density at radius 1 is 1.00 bits per heavy atom. The lowest BCUT2D eigenvalue weighted by Gasteiger charge is -2.04. The number of benzene rings is 2. The fraction of sp³-hybridized carbons (Fsp3) is 0.0625. The first-order valence-corrected chi connectivity index (χ1v) is 5.80. The van der Waals surface area contributed by atoms with Gasteiger partial charge in [-0.25, -0.2) is 0 Å². The molecule has 0 heterocycles. The van der Waals surface area contributed by atoms with Gasteiger partial charge in [-0.15, -0.1) is 12.4 Å². The Hall–Kier alpha value is -2.06. The van der Waals surface area contributed by atoms with E-state index in [0.29, 0.717) is 5.57 Å². The van der Waals surface area contributed by atoms with Crippen molar-refractivity contribution < 1.29 is 4.79 Å². The van der Waals surface area contributed by atoms with Crippen molar-refractivity contribution in [2.75, 3.05) is 0 Å². The van der Waals surface area contributed by atoms with Gasteiger partial charge in [0.05, 0.1) is 0 Å². The number of amides is 1. The maximum Gasteiger partial charge on any atom is 0.249 e. The zero-order valence-corrected chi connectivity index (χ0v) is 11.5. The van der Waals surface area contributed by atoms with Crippen molar-refractivity contribution in [1.29, 1.82) is 0 Å². The van der Waals surface area contributed by atoms with E-state index < -0.39 is 5.91 Å². The van der Waals surface area contributed by atoms with Crippen LogP contribution in [0.15, 0.2) is 54.6 Å². The Labute approximate surface area is 119 Å². The summed E-state index contributed by atoms with van der Waals surface area (Å²) in [4.78, 5) is 11.5. The van der Waals surface area contributed by atoms with E-state index in [2.05, 4.69) is 0 Å². The zero-order chi connectivity index (χ0) is 13.0. The van der Waals surface area contributed by atoms with Crippen LogP contribution in [0.4, 0.5) is 0 Å². The van der Waals surface area contributed by atoms with E-state index in [4.69, 9.17) is 5.73 Å². The van der Waals surface area contributed by atoms with Gasteiger partial charge in [-0.2, -0.15) is 0 Å². The third-order valence-electron chi connectivity index (χ3n) is 2.74. The zero-order valence-electron chi connectivity index (χ0n) is 10.7. The molecule has 2 rings (SSSR count). The van der Waals surface area contributed by atoms with Crippen LogP contribution in [0.25, 0.3) is 11.6 Å². The van der Waals surface area contributed by atoms with E-state index in [1.54, 1.807) is 0 Å². The number of primary amides is 1. The number of halogens is 1. The molecule has 0 unspecified atom stereocenters. The highest BCUT2D eigenvalue weighted by molar-refractivity contribution is 6.23. The van der Waals surface area contributed by atoms with E-state index in [-0.39, 0.29) is 12.4 Å². The van der Waals surface area contributed by atoms with Gasteiger partial charge in [-0.3, -0.25) is 4.79 Å². The number of hydrogen-bond donors (Lipinski definition) is 1. The molecule has 0 saturated heterocycles. The average Bonchev–Trinajstić information content (AvgIpc) is 2.38. The molecule has 0 fully saturated rings. The van der Waals surface area contributed by atoms with Crippen LogP contribution in [0, 0.1) is 6.92 Å². The van der Waals surface area contributed by atoms with E-state index in [1.165, 1.54) is 0 Å². The summed E-state index contributed by atoms with van der Waals surface area (Å²) in [5, 5.41) is 0. The summed E-state index contributed by atoms with van der Waals surface area (Å²) in [5.74, 6) is -0.414. The summed E-state index contributed by atoms with van der Waals surface area (Å²) in [6, 6.07) is 17.4. The van der Waals surface area contributed by atoms with Crippen LogP contribution in [0.1, 0.15) is 16.7 Å². The second-order valence-electron chi connectivity index (χ2n) is 4.20. The molecule has 0 saturated carbocycles. The Balaban J connectivity index is 0.00000180. The molecular formula is C16H16ClNO. The summed E-state index contributed by atoms with van der Waals surface area (Å²) in [5.41, 5.74) is 8.94. The van der Waals surface area contributed by atoms with Crippen molar-refractivity contribution >= 4 is 30.0 Å². The standard InChI is InChI=1S/C16H15NO.ClH/c1-12-7-9-14(10-8-12)15(16(17)18)11-13-5-3-2-4-6-13;/h2-11H,1H3,(H2,17,18);1H. The number of aryl methyl sites for hydroxylation is 1. The van der Waals surface area contributed by atoms with Gasteiger partial charge >= 0.3 is 0 Å². The highest BCUT2D eigenvalue weighted by Gasteiger charge is 2.07. The lowest BCUT2D eigenvalue weighted by Crippen LogP contribution is -2.12. The molecule has 98 valence electrons. The van der Waals surface area contributed by atoms with Gasteiger partial charge in [-0.05, 0) is 24.1 Å². The molecule has 0 aliphatic rings. The van der Waals surface area contributed by atoms with Crippen LogP contribution in [-0.4, -0.2) is 5.91 Å². The van der Waals surface area contributed by atoms with E-state index in [0.717, 1.165) is 16.7 Å². The fourth-order valence-electron chi connectivity index (χ4n) is 1.75. The highest BCUT2D eigenvalue weighted by atomic mass is 35.5. The van der Waals surface area contributed by atoms with Gasteiger partial charge < -0.3 is 5.73 Å². The van der Waals surface area contributed by atoms with Crippen molar-refractivity contribution in [3.63, 3.8) is 0 Å². The van der Waals surface area contributed by atoms with Crippen molar-refractivity contribution in [1.82, 2.24) is 0 Å². The normalized spacial score (nSPS) is 10.7. The molecule has 0 bridgehead atoms. The van der Waals surface area contributed by atoms with Crippen molar-refractivity contribution in [3.05, 3.63) is 71.3 Å². The van der Waals surface area contributed by atoms with Crippen LogP contribution in [0.3, 0.4) is 0 Å². The molecule has 19 heavy (non-hydrogen) atoms. The Morgan fingerprint density at radius 3 is 2.11 bits per heavy atom. The molecule has 0 spiro atoms. The number of nitrogens with two attached hydrogens (primary N) is 1. The fourth-order valence-corrected chi connectivity index (χ4v) is 1.75. The number of carbonyl (C=O) groups is 1. The minimum atomic E-state index is -0.414. The topological polar surface area (TPSA) is 43.1 Å². The van der Waals surface area contributed by atoms with Gasteiger partial charge in [0.25, 0.3) is 0 Å². The highest BCUT2D eigenvalue weighted by Crippen LogP contribution is 2.18. The van der Waals surface area contributed by atoms with Gasteiger partial charge in [-0.1, -0.05) is 60.2 Å². The Kier molecular flexibility index (Phi) is 5.34. The largest absolute Gasteiger partial charge is 0.366 e. The van der Waals surface area contributed by atoms with Crippen LogP contribution in [-0.2, 0) is 4.79 Å². The second-order valence-corrected chi connectivity index (χ2v) is 4.20. The molecule has 2 aromatic carbocycles. The lowest BCUT2D eigenvalue weighted by atomic mass is 10.0. The maximum atomic E-state index is 11.5. The van der Waals surface area contributed by atoms with E-state index in [1.807, 2.05) is 67.6 Å². The van der Waals surface area contributed by atoms with Crippen LogP contribution >= 0.6 is 12.4 Å². The quantitative estimate of drug-likeness (QED) is 0.676. The molecule has 0 radical (unpaired) electrons. The van der Waals surface area contributed by atoms with Crippen molar-refractivity contribution in [3.8, 4) is 0 Å². The predicted molar refractivity (Wildman–Crippen MR) is 81.9 cm³/mol. The van der Waals surface area contributed by atoms with Gasteiger partial charge in [0.2, 0.25) is 5.91 Å². The number of rotatable bonds is 3.